The molecule has 166 valence electrons. The molecule has 0 spiro atoms. The smallest absolute Gasteiger partial charge is 0.0653 e. The van der Waals surface area contributed by atoms with Crippen LogP contribution in [0, 0.1) is 0 Å². The fourth-order valence-electron chi connectivity index (χ4n) is 5.39. The third-order valence-electron chi connectivity index (χ3n) is 6.89. The predicted molar refractivity (Wildman–Crippen MR) is 152 cm³/mol. The molecule has 0 atom stereocenters. The van der Waals surface area contributed by atoms with E-state index in [9.17, 15) is 0 Å². The van der Waals surface area contributed by atoms with Crippen LogP contribution in [0.4, 0.5) is 0 Å². The van der Waals surface area contributed by atoms with E-state index >= 15 is 0 Å². The lowest BCUT2D eigenvalue weighted by atomic mass is 9.97. The highest BCUT2D eigenvalue weighted by Gasteiger charge is 2.18. The van der Waals surface area contributed by atoms with Crippen LogP contribution < -0.4 is 0 Å². The fraction of sp³-hybridized carbons (Fsp3) is 0.0312. The van der Waals surface area contributed by atoms with Crippen molar-refractivity contribution in [2.24, 2.45) is 4.99 Å². The topological polar surface area (TPSA) is 17.3 Å². The molecule has 3 heteroatoms. The maximum absolute atomic E-state index is 4.29. The van der Waals surface area contributed by atoms with Crippen molar-refractivity contribution in [3.8, 4) is 16.8 Å². The summed E-state index contributed by atoms with van der Waals surface area (Å²) in [5.74, 6) is 0. The van der Waals surface area contributed by atoms with E-state index in [2.05, 4.69) is 125 Å². The number of benzene rings is 5. The summed E-state index contributed by atoms with van der Waals surface area (Å²) < 4.78 is 5.06. The SMILES string of the molecule is C=NCc1cccc(-c2ccc3sc4ccccc4c3c2)c1-n1c2ccccc2c2ccccc21. The van der Waals surface area contributed by atoms with Gasteiger partial charge in [-0.3, -0.25) is 4.99 Å². The van der Waals surface area contributed by atoms with Crippen LogP contribution in [0.5, 0.6) is 0 Å². The monoisotopic (exact) mass is 466 g/mol. The van der Waals surface area contributed by atoms with Crippen molar-refractivity contribution < 1.29 is 0 Å². The molecular formula is C32H22N2S. The summed E-state index contributed by atoms with van der Waals surface area (Å²) in [5, 5.41) is 5.14. The Morgan fingerprint density at radius 2 is 1.29 bits per heavy atom. The van der Waals surface area contributed by atoms with Crippen LogP contribution in [0.3, 0.4) is 0 Å². The van der Waals surface area contributed by atoms with Gasteiger partial charge in [-0.15, -0.1) is 11.3 Å². The van der Waals surface area contributed by atoms with Gasteiger partial charge < -0.3 is 4.57 Å². The molecule has 0 fully saturated rings. The fourth-order valence-corrected chi connectivity index (χ4v) is 6.48. The Labute approximate surface area is 207 Å². The second-order valence-corrected chi connectivity index (χ2v) is 9.96. The molecule has 0 unspecified atom stereocenters. The third-order valence-corrected chi connectivity index (χ3v) is 8.04. The van der Waals surface area contributed by atoms with E-state index in [0.717, 1.165) is 0 Å². The summed E-state index contributed by atoms with van der Waals surface area (Å²) >= 11 is 1.85. The van der Waals surface area contributed by atoms with Crippen molar-refractivity contribution >= 4 is 60.0 Å². The lowest BCUT2D eigenvalue weighted by Crippen LogP contribution is -2.02. The summed E-state index contributed by atoms with van der Waals surface area (Å²) in [4.78, 5) is 4.29. The van der Waals surface area contributed by atoms with Crippen LogP contribution in [0.15, 0.2) is 114 Å². The van der Waals surface area contributed by atoms with Gasteiger partial charge in [-0.25, -0.2) is 0 Å². The molecule has 7 aromatic rings. The Morgan fingerprint density at radius 3 is 2.03 bits per heavy atom. The van der Waals surface area contributed by atoms with E-state index in [1.54, 1.807) is 0 Å². The van der Waals surface area contributed by atoms with Crippen LogP contribution in [0.25, 0.3) is 58.8 Å². The van der Waals surface area contributed by atoms with Crippen molar-refractivity contribution in [1.82, 2.24) is 4.57 Å². The normalized spacial score (nSPS) is 11.7. The molecule has 0 bridgehead atoms. The molecule has 0 amide bonds. The number of fused-ring (bicyclic) bond motifs is 6. The lowest BCUT2D eigenvalue weighted by molar-refractivity contribution is 1.04. The molecule has 2 nitrogen and oxygen atoms in total. The minimum Gasteiger partial charge on any atom is -0.308 e. The van der Waals surface area contributed by atoms with Gasteiger partial charge >= 0.3 is 0 Å². The molecule has 7 rings (SSSR count). The second kappa shape index (κ2) is 7.93. The number of aliphatic imine (C=N–C) groups is 1. The minimum absolute atomic E-state index is 0.563. The van der Waals surface area contributed by atoms with E-state index in [0.29, 0.717) is 6.54 Å². The zero-order valence-corrected chi connectivity index (χ0v) is 19.9. The van der Waals surface area contributed by atoms with Gasteiger partial charge in [0.1, 0.15) is 0 Å². The standard InChI is InChI=1S/C32H22N2S/c1-33-20-22-9-8-13-23(21-17-18-31-27(19-21)26-12-4-7-16-30(26)35-31)32(22)34-28-14-5-2-10-24(28)25-11-3-6-15-29(25)34/h2-19H,1,20H2. The Kier molecular flexibility index (Phi) is 4.58. The minimum atomic E-state index is 0.563. The van der Waals surface area contributed by atoms with Crippen LogP contribution in [-0.2, 0) is 6.54 Å². The van der Waals surface area contributed by atoms with Gasteiger partial charge in [0.25, 0.3) is 0 Å². The lowest BCUT2D eigenvalue weighted by Gasteiger charge is -2.18. The molecule has 0 N–H and O–H groups in total. The van der Waals surface area contributed by atoms with Crippen molar-refractivity contribution in [3.05, 3.63) is 115 Å². The Bertz CT molecular complexity index is 1850. The Hall–Kier alpha value is -4.21. The first-order chi connectivity index (χ1) is 17.3. The molecule has 2 aromatic heterocycles. The summed E-state index contributed by atoms with van der Waals surface area (Å²) in [7, 11) is 0. The molecule has 0 radical (unpaired) electrons. The van der Waals surface area contributed by atoms with Gasteiger partial charge in [-0.05, 0) is 48.2 Å². The average Bonchev–Trinajstić information content (AvgIpc) is 3.44. The zero-order chi connectivity index (χ0) is 23.4. The molecule has 0 aliphatic rings. The van der Waals surface area contributed by atoms with E-state index in [1.807, 2.05) is 11.3 Å². The number of aromatic nitrogens is 1. The first kappa shape index (κ1) is 20.2. The van der Waals surface area contributed by atoms with Crippen molar-refractivity contribution in [2.45, 2.75) is 6.54 Å². The maximum atomic E-state index is 4.29. The third kappa shape index (κ3) is 3.05. The Morgan fingerprint density at radius 1 is 0.629 bits per heavy atom. The predicted octanol–water partition coefficient (Wildman–Crippen LogP) is 9.02. The molecule has 2 heterocycles. The molecule has 0 aliphatic heterocycles. The van der Waals surface area contributed by atoms with Crippen molar-refractivity contribution in [1.29, 1.82) is 0 Å². The molecule has 0 saturated heterocycles. The number of rotatable bonds is 4. The first-order valence-corrected chi connectivity index (χ1v) is 12.6. The van der Waals surface area contributed by atoms with Gasteiger partial charge in [0.2, 0.25) is 0 Å². The summed E-state index contributed by atoms with van der Waals surface area (Å²) in [6.07, 6.45) is 0. The van der Waals surface area contributed by atoms with Gasteiger partial charge in [0.15, 0.2) is 0 Å². The summed E-state index contributed by atoms with van der Waals surface area (Å²) in [5.41, 5.74) is 7.16. The van der Waals surface area contributed by atoms with Crippen LogP contribution in [-0.4, -0.2) is 11.3 Å². The van der Waals surface area contributed by atoms with Crippen molar-refractivity contribution in [2.75, 3.05) is 0 Å². The van der Waals surface area contributed by atoms with E-state index in [4.69, 9.17) is 0 Å². The average molecular weight is 467 g/mol. The quantitative estimate of drug-likeness (QED) is 0.230. The number of hydrogen-bond acceptors (Lipinski definition) is 2. The molecule has 35 heavy (non-hydrogen) atoms. The number of thiophene rings is 1. The number of para-hydroxylation sites is 3. The second-order valence-electron chi connectivity index (χ2n) is 8.87. The van der Waals surface area contributed by atoms with Crippen LogP contribution in [0.2, 0.25) is 0 Å². The first-order valence-electron chi connectivity index (χ1n) is 11.8. The highest BCUT2D eigenvalue weighted by molar-refractivity contribution is 7.25. The maximum Gasteiger partial charge on any atom is 0.0653 e. The van der Waals surface area contributed by atoms with E-state index in [1.165, 1.54) is 64.4 Å². The summed E-state index contributed by atoms with van der Waals surface area (Å²) in [6, 6.07) is 39.4. The highest BCUT2D eigenvalue weighted by atomic mass is 32.1. The van der Waals surface area contributed by atoms with Gasteiger partial charge in [-0.1, -0.05) is 78.9 Å². The molecule has 5 aromatic carbocycles. The highest BCUT2D eigenvalue weighted by Crippen LogP contribution is 2.41. The zero-order valence-electron chi connectivity index (χ0n) is 19.1. The van der Waals surface area contributed by atoms with E-state index in [-0.39, 0.29) is 0 Å². The van der Waals surface area contributed by atoms with Gasteiger partial charge in [0.05, 0.1) is 23.3 Å². The largest absolute Gasteiger partial charge is 0.308 e. The molecular weight excluding hydrogens is 444 g/mol. The van der Waals surface area contributed by atoms with Crippen LogP contribution >= 0.6 is 11.3 Å². The van der Waals surface area contributed by atoms with Gasteiger partial charge in [-0.2, -0.15) is 0 Å². The number of hydrogen-bond donors (Lipinski definition) is 0. The van der Waals surface area contributed by atoms with E-state index < -0.39 is 0 Å². The Balaban J connectivity index is 1.59. The molecule has 0 saturated carbocycles. The summed E-state index contributed by atoms with van der Waals surface area (Å²) in [6.45, 7) is 4.38. The number of nitrogens with zero attached hydrogens (tertiary/aromatic N) is 2. The van der Waals surface area contributed by atoms with Gasteiger partial charge in [0, 0.05) is 36.5 Å². The van der Waals surface area contributed by atoms with Crippen molar-refractivity contribution in [3.63, 3.8) is 0 Å². The van der Waals surface area contributed by atoms with Crippen LogP contribution in [0.1, 0.15) is 5.56 Å². The molecule has 0 aliphatic carbocycles.